The summed E-state index contributed by atoms with van der Waals surface area (Å²) in [6.07, 6.45) is 1.55. The number of methoxy groups -OCH3 is 1. The zero-order valence-electron chi connectivity index (χ0n) is 17.7. The minimum atomic E-state index is -0.894. The Kier molecular flexibility index (Phi) is 7.29. The van der Waals surface area contributed by atoms with Gasteiger partial charge in [0.05, 0.1) is 13.7 Å². The highest BCUT2D eigenvalue weighted by Gasteiger charge is 2.37. The van der Waals surface area contributed by atoms with Gasteiger partial charge in [-0.15, -0.1) is 0 Å². The fourth-order valence-electron chi connectivity index (χ4n) is 3.80. The number of amides is 4. The van der Waals surface area contributed by atoms with Crippen LogP contribution in [0.3, 0.4) is 0 Å². The van der Waals surface area contributed by atoms with E-state index in [2.05, 4.69) is 16.0 Å². The monoisotopic (exact) mass is 446 g/mol. The molecule has 2 heterocycles. The van der Waals surface area contributed by atoms with Gasteiger partial charge in [0.25, 0.3) is 5.91 Å². The van der Waals surface area contributed by atoms with Crippen LogP contribution in [0.2, 0.25) is 0 Å². The van der Waals surface area contributed by atoms with E-state index in [1.54, 1.807) is 12.1 Å². The van der Waals surface area contributed by atoms with Crippen molar-refractivity contribution in [1.29, 1.82) is 0 Å². The quantitative estimate of drug-likeness (QED) is 0.372. The highest BCUT2D eigenvalue weighted by atomic mass is 16.5. The molecule has 3 rings (SSSR count). The molecule has 2 aliphatic heterocycles. The Morgan fingerprint density at radius 2 is 2.00 bits per heavy atom. The van der Waals surface area contributed by atoms with Crippen LogP contribution in [-0.4, -0.2) is 71.7 Å². The van der Waals surface area contributed by atoms with E-state index < -0.39 is 35.6 Å². The number of Topliss-reactive ketones (excluding diaryl/α,β-unsaturated/α-hetero) is 1. The summed E-state index contributed by atoms with van der Waals surface area (Å²) in [7, 11) is 1.42. The van der Waals surface area contributed by atoms with Gasteiger partial charge in [-0.3, -0.25) is 24.0 Å². The molecule has 0 saturated carbocycles. The molecule has 0 aromatic heterocycles. The maximum Gasteiger partial charge on any atom is 0.289 e. The standard InChI is InChI=1S/C21H26N4O7/c1-32-16-6-4-12(9-15(16)26)10-22-21(31)19(29)14-3-2-8-25(14)18(28)11-23-20(30)13-5-7-17(27)24-13/h4,6,9,13-14,26H,2-3,5,7-8,10-11H2,1H3,(H,22,31)(H,23,30)(H,24,27). The number of carbonyl (C=O) groups excluding carboxylic acids is 5. The van der Waals surface area contributed by atoms with Crippen molar-refractivity contribution >= 4 is 29.4 Å². The van der Waals surface area contributed by atoms with Gasteiger partial charge >= 0.3 is 0 Å². The molecule has 1 aromatic rings. The number of phenols is 1. The predicted octanol–water partition coefficient (Wildman–Crippen LogP) is -1.03. The first-order chi connectivity index (χ1) is 15.3. The summed E-state index contributed by atoms with van der Waals surface area (Å²) in [5.41, 5.74) is 0.575. The lowest BCUT2D eigenvalue weighted by molar-refractivity contribution is -0.144. The van der Waals surface area contributed by atoms with Crippen molar-refractivity contribution in [2.45, 2.75) is 44.3 Å². The Balaban J connectivity index is 1.50. The van der Waals surface area contributed by atoms with Crippen LogP contribution >= 0.6 is 0 Å². The number of hydrogen-bond acceptors (Lipinski definition) is 7. The van der Waals surface area contributed by atoms with Gasteiger partial charge in [0.1, 0.15) is 12.1 Å². The molecule has 0 radical (unpaired) electrons. The molecule has 2 saturated heterocycles. The van der Waals surface area contributed by atoms with Crippen LogP contribution in [0.25, 0.3) is 0 Å². The second kappa shape index (κ2) is 10.1. The fraction of sp³-hybridized carbons (Fsp3) is 0.476. The van der Waals surface area contributed by atoms with Crippen LogP contribution in [0.5, 0.6) is 11.5 Å². The predicted molar refractivity (Wildman–Crippen MR) is 110 cm³/mol. The average molecular weight is 446 g/mol. The van der Waals surface area contributed by atoms with E-state index >= 15 is 0 Å². The van der Waals surface area contributed by atoms with Crippen LogP contribution in [0.15, 0.2) is 18.2 Å². The fourth-order valence-corrected chi connectivity index (χ4v) is 3.80. The Labute approximate surface area is 184 Å². The summed E-state index contributed by atoms with van der Waals surface area (Å²) in [4.78, 5) is 62.1. The minimum Gasteiger partial charge on any atom is -0.504 e. The zero-order chi connectivity index (χ0) is 23.3. The molecule has 11 heteroatoms. The first-order valence-corrected chi connectivity index (χ1v) is 10.3. The summed E-state index contributed by atoms with van der Waals surface area (Å²) in [5.74, 6) is -2.49. The van der Waals surface area contributed by atoms with Gasteiger partial charge in [0.2, 0.25) is 23.5 Å². The second-order valence-corrected chi connectivity index (χ2v) is 7.67. The molecule has 2 fully saturated rings. The number of nitrogens with one attached hydrogen (secondary N) is 3. The maximum absolute atomic E-state index is 12.6. The van der Waals surface area contributed by atoms with Crippen molar-refractivity contribution in [3.8, 4) is 11.5 Å². The third kappa shape index (κ3) is 5.34. The Morgan fingerprint density at radius 3 is 2.66 bits per heavy atom. The number of likely N-dealkylation sites (tertiary alicyclic amines) is 1. The number of ether oxygens (including phenoxy) is 1. The molecule has 4 amide bonds. The second-order valence-electron chi connectivity index (χ2n) is 7.67. The van der Waals surface area contributed by atoms with Crippen LogP contribution in [0.1, 0.15) is 31.2 Å². The molecule has 2 atom stereocenters. The molecular formula is C21H26N4O7. The van der Waals surface area contributed by atoms with Crippen LogP contribution in [0, 0.1) is 0 Å². The number of aromatic hydroxyl groups is 1. The summed E-state index contributed by atoms with van der Waals surface area (Å²) in [6.45, 7) is 0.0125. The lowest BCUT2D eigenvalue weighted by Gasteiger charge is -2.23. The van der Waals surface area contributed by atoms with Crippen LogP contribution in [0.4, 0.5) is 0 Å². The van der Waals surface area contributed by atoms with Gasteiger partial charge in [0.15, 0.2) is 11.5 Å². The van der Waals surface area contributed by atoms with Crippen molar-refractivity contribution in [1.82, 2.24) is 20.9 Å². The number of phenolic OH excluding ortho intramolecular Hbond substituents is 1. The number of ketones is 1. The third-order valence-electron chi connectivity index (χ3n) is 5.52. The van der Waals surface area contributed by atoms with E-state index in [1.807, 2.05) is 0 Å². The number of benzene rings is 1. The molecule has 172 valence electrons. The molecule has 0 spiro atoms. The largest absolute Gasteiger partial charge is 0.504 e. The summed E-state index contributed by atoms with van der Waals surface area (Å²) in [5, 5.41) is 17.3. The summed E-state index contributed by atoms with van der Waals surface area (Å²) >= 11 is 0. The first kappa shape index (κ1) is 23.0. The van der Waals surface area contributed by atoms with Crippen molar-refractivity contribution in [2.24, 2.45) is 0 Å². The average Bonchev–Trinajstić information content (AvgIpc) is 3.44. The molecule has 32 heavy (non-hydrogen) atoms. The van der Waals surface area contributed by atoms with Gasteiger partial charge in [-0.05, 0) is 37.0 Å². The summed E-state index contributed by atoms with van der Waals surface area (Å²) in [6, 6.07) is 3.06. The van der Waals surface area contributed by atoms with Crippen molar-refractivity contribution in [2.75, 3.05) is 20.2 Å². The van der Waals surface area contributed by atoms with E-state index in [0.29, 0.717) is 37.1 Å². The molecule has 11 nitrogen and oxygen atoms in total. The normalized spacial score (nSPS) is 19.9. The lowest BCUT2D eigenvalue weighted by atomic mass is 10.1. The van der Waals surface area contributed by atoms with Gasteiger partial charge in [-0.1, -0.05) is 6.07 Å². The van der Waals surface area contributed by atoms with E-state index in [-0.39, 0.29) is 31.2 Å². The van der Waals surface area contributed by atoms with E-state index in [4.69, 9.17) is 4.74 Å². The topological polar surface area (TPSA) is 154 Å². The number of rotatable bonds is 8. The van der Waals surface area contributed by atoms with Gasteiger partial charge < -0.3 is 30.7 Å². The van der Waals surface area contributed by atoms with Gasteiger partial charge in [0, 0.05) is 19.5 Å². The molecule has 0 aliphatic carbocycles. The van der Waals surface area contributed by atoms with E-state index in [0.717, 1.165) is 0 Å². The lowest BCUT2D eigenvalue weighted by Crippen LogP contribution is -2.50. The van der Waals surface area contributed by atoms with Gasteiger partial charge in [-0.25, -0.2) is 0 Å². The molecule has 2 unspecified atom stereocenters. The van der Waals surface area contributed by atoms with E-state index in [1.165, 1.54) is 18.1 Å². The van der Waals surface area contributed by atoms with Crippen LogP contribution in [-0.2, 0) is 30.5 Å². The number of nitrogens with zero attached hydrogens (tertiary/aromatic N) is 1. The molecule has 4 N–H and O–H groups in total. The van der Waals surface area contributed by atoms with Crippen molar-refractivity contribution in [3.05, 3.63) is 23.8 Å². The number of hydrogen-bond donors (Lipinski definition) is 4. The molecule has 1 aromatic carbocycles. The summed E-state index contributed by atoms with van der Waals surface area (Å²) < 4.78 is 4.96. The minimum absolute atomic E-state index is 0.0198. The van der Waals surface area contributed by atoms with Crippen molar-refractivity contribution < 1.29 is 33.8 Å². The van der Waals surface area contributed by atoms with Crippen molar-refractivity contribution in [3.63, 3.8) is 0 Å². The highest BCUT2D eigenvalue weighted by Crippen LogP contribution is 2.26. The number of carbonyl (C=O) groups is 5. The van der Waals surface area contributed by atoms with Crippen LogP contribution < -0.4 is 20.7 Å². The molecule has 0 bridgehead atoms. The van der Waals surface area contributed by atoms with E-state index in [9.17, 15) is 29.1 Å². The highest BCUT2D eigenvalue weighted by molar-refractivity contribution is 6.38. The third-order valence-corrected chi connectivity index (χ3v) is 5.52. The Hall–Kier alpha value is -3.63. The molecular weight excluding hydrogens is 420 g/mol. The van der Waals surface area contributed by atoms with Gasteiger partial charge in [-0.2, -0.15) is 0 Å². The maximum atomic E-state index is 12.6. The Morgan fingerprint density at radius 1 is 1.22 bits per heavy atom. The molecule has 2 aliphatic rings. The zero-order valence-corrected chi connectivity index (χ0v) is 17.7. The SMILES string of the molecule is COc1ccc(CNC(=O)C(=O)C2CCCN2C(=O)CNC(=O)C2CCC(=O)N2)cc1O. The first-order valence-electron chi connectivity index (χ1n) is 10.3. The Bertz CT molecular complexity index is 933. The smallest absolute Gasteiger partial charge is 0.289 e.